The number of rotatable bonds is 6. The maximum atomic E-state index is 12.5. The fourth-order valence-corrected chi connectivity index (χ4v) is 3.05. The highest BCUT2D eigenvalue weighted by Crippen LogP contribution is 2.20. The lowest BCUT2D eigenvalue weighted by Gasteiger charge is -2.11. The van der Waals surface area contributed by atoms with Gasteiger partial charge in [-0.3, -0.25) is 4.79 Å². The number of anilines is 1. The van der Waals surface area contributed by atoms with Gasteiger partial charge in [0.1, 0.15) is 5.75 Å². The summed E-state index contributed by atoms with van der Waals surface area (Å²) >= 11 is 1.53. The first-order chi connectivity index (χ1) is 12.1. The molecular formula is C18H20N4O2S. The second-order valence-corrected chi connectivity index (χ2v) is 6.56. The Kier molecular flexibility index (Phi) is 5.14. The topological polar surface area (TPSA) is 69.0 Å². The molecule has 0 aliphatic rings. The van der Waals surface area contributed by atoms with E-state index in [9.17, 15) is 4.79 Å². The molecule has 6 nitrogen and oxygen atoms in total. The molecule has 3 aromatic rings. The van der Waals surface area contributed by atoms with E-state index in [1.165, 1.54) is 11.3 Å². The zero-order valence-corrected chi connectivity index (χ0v) is 15.2. The summed E-state index contributed by atoms with van der Waals surface area (Å²) in [4.78, 5) is 12.5. The first-order valence-corrected chi connectivity index (χ1v) is 9.08. The number of benzene rings is 1. The molecule has 1 aromatic carbocycles. The molecule has 0 unspecified atom stereocenters. The number of ether oxygens (including phenoxy) is 1. The summed E-state index contributed by atoms with van der Waals surface area (Å²) in [6, 6.07) is 9.45. The van der Waals surface area contributed by atoms with Gasteiger partial charge in [0.2, 0.25) is 0 Å². The van der Waals surface area contributed by atoms with Crippen LogP contribution in [0.2, 0.25) is 0 Å². The second-order valence-electron chi connectivity index (χ2n) is 5.78. The lowest BCUT2D eigenvalue weighted by molar-refractivity contribution is 0.102. The van der Waals surface area contributed by atoms with Crippen molar-refractivity contribution in [2.24, 2.45) is 0 Å². The van der Waals surface area contributed by atoms with E-state index in [2.05, 4.69) is 15.6 Å². The Balaban J connectivity index is 1.85. The van der Waals surface area contributed by atoms with Crippen molar-refractivity contribution < 1.29 is 9.53 Å². The molecule has 0 saturated carbocycles. The number of carbonyl (C=O) groups excluding carboxylic acids is 1. The van der Waals surface area contributed by atoms with Gasteiger partial charge in [-0.15, -0.1) is 5.10 Å². The van der Waals surface area contributed by atoms with E-state index < -0.39 is 0 Å². The van der Waals surface area contributed by atoms with Crippen LogP contribution in [0.1, 0.15) is 37.0 Å². The van der Waals surface area contributed by atoms with Crippen LogP contribution in [0.3, 0.4) is 0 Å². The zero-order chi connectivity index (χ0) is 17.8. The van der Waals surface area contributed by atoms with Crippen LogP contribution in [0.15, 0.2) is 41.1 Å². The lowest BCUT2D eigenvalue weighted by atomic mass is 10.2. The average molecular weight is 356 g/mol. The third-order valence-corrected chi connectivity index (χ3v) is 4.23. The molecular weight excluding hydrogens is 336 g/mol. The molecule has 0 aliphatic carbocycles. The van der Waals surface area contributed by atoms with Crippen LogP contribution in [0.25, 0.3) is 5.69 Å². The largest absolute Gasteiger partial charge is 0.491 e. The van der Waals surface area contributed by atoms with Gasteiger partial charge < -0.3 is 10.1 Å². The second kappa shape index (κ2) is 7.48. The van der Waals surface area contributed by atoms with E-state index in [0.717, 1.165) is 22.8 Å². The van der Waals surface area contributed by atoms with Crippen LogP contribution in [0, 0.1) is 0 Å². The third-order valence-electron chi connectivity index (χ3n) is 3.55. The fraction of sp³-hybridized carbons (Fsp3) is 0.278. The Morgan fingerprint density at radius 1 is 1.28 bits per heavy atom. The molecule has 1 N–H and O–H groups in total. The molecule has 0 fully saturated rings. The molecule has 2 aromatic heterocycles. The number of hydrogen-bond acceptors (Lipinski definition) is 5. The van der Waals surface area contributed by atoms with Gasteiger partial charge in [0, 0.05) is 5.38 Å². The highest BCUT2D eigenvalue weighted by molar-refractivity contribution is 7.08. The molecule has 3 rings (SSSR count). The van der Waals surface area contributed by atoms with E-state index in [0.29, 0.717) is 12.1 Å². The van der Waals surface area contributed by atoms with E-state index >= 15 is 0 Å². The van der Waals surface area contributed by atoms with Crippen molar-refractivity contribution in [1.82, 2.24) is 15.0 Å². The van der Waals surface area contributed by atoms with Crippen molar-refractivity contribution in [1.29, 1.82) is 0 Å². The fourth-order valence-electron chi connectivity index (χ4n) is 2.47. The summed E-state index contributed by atoms with van der Waals surface area (Å²) in [5.74, 6) is 0.550. The number of amides is 1. The summed E-state index contributed by atoms with van der Waals surface area (Å²) in [5, 5.41) is 14.9. The SMILES string of the molecule is CCc1c(C(=O)Nc2ccsc2)nnn1-c1ccc(OC(C)C)cc1. The maximum Gasteiger partial charge on any atom is 0.278 e. The minimum absolute atomic E-state index is 0.121. The van der Waals surface area contributed by atoms with Crippen LogP contribution in [-0.4, -0.2) is 27.0 Å². The normalized spacial score (nSPS) is 10.9. The number of thiophene rings is 1. The van der Waals surface area contributed by atoms with Crippen LogP contribution in [0.5, 0.6) is 5.75 Å². The van der Waals surface area contributed by atoms with Gasteiger partial charge in [-0.1, -0.05) is 12.1 Å². The first-order valence-electron chi connectivity index (χ1n) is 8.13. The van der Waals surface area contributed by atoms with Gasteiger partial charge in [-0.05, 0) is 56.0 Å². The monoisotopic (exact) mass is 356 g/mol. The molecule has 0 aliphatic heterocycles. The van der Waals surface area contributed by atoms with Crippen molar-refractivity contribution in [3.05, 3.63) is 52.5 Å². The molecule has 0 bridgehead atoms. The Hall–Kier alpha value is -2.67. The van der Waals surface area contributed by atoms with Gasteiger partial charge in [0.25, 0.3) is 5.91 Å². The van der Waals surface area contributed by atoms with Crippen molar-refractivity contribution in [3.8, 4) is 11.4 Å². The smallest absolute Gasteiger partial charge is 0.278 e. The minimum Gasteiger partial charge on any atom is -0.491 e. The van der Waals surface area contributed by atoms with Gasteiger partial charge >= 0.3 is 0 Å². The Labute approximate surface area is 150 Å². The highest BCUT2D eigenvalue weighted by Gasteiger charge is 2.19. The maximum absolute atomic E-state index is 12.5. The zero-order valence-electron chi connectivity index (χ0n) is 14.4. The molecule has 25 heavy (non-hydrogen) atoms. The van der Waals surface area contributed by atoms with E-state index in [-0.39, 0.29) is 12.0 Å². The molecule has 7 heteroatoms. The van der Waals surface area contributed by atoms with Crippen molar-refractivity contribution in [2.75, 3.05) is 5.32 Å². The molecule has 2 heterocycles. The Morgan fingerprint density at radius 3 is 2.64 bits per heavy atom. The summed E-state index contributed by atoms with van der Waals surface area (Å²) in [5.41, 5.74) is 2.72. The molecule has 0 saturated heterocycles. The molecule has 0 atom stereocenters. The Morgan fingerprint density at radius 2 is 2.04 bits per heavy atom. The van der Waals surface area contributed by atoms with E-state index in [4.69, 9.17) is 4.74 Å². The summed E-state index contributed by atoms with van der Waals surface area (Å²) in [7, 11) is 0. The number of aromatic nitrogens is 3. The van der Waals surface area contributed by atoms with Crippen LogP contribution in [0.4, 0.5) is 5.69 Å². The number of nitrogens with zero attached hydrogens (tertiary/aromatic N) is 3. The van der Waals surface area contributed by atoms with Crippen molar-refractivity contribution in [2.45, 2.75) is 33.3 Å². The summed E-state index contributed by atoms with van der Waals surface area (Å²) < 4.78 is 7.35. The highest BCUT2D eigenvalue weighted by atomic mass is 32.1. The Bertz CT molecular complexity index is 839. The first kappa shape index (κ1) is 17.2. The van der Waals surface area contributed by atoms with Gasteiger partial charge in [-0.25, -0.2) is 4.68 Å². The van der Waals surface area contributed by atoms with Gasteiger partial charge in [-0.2, -0.15) is 11.3 Å². The van der Waals surface area contributed by atoms with E-state index in [1.54, 1.807) is 4.68 Å². The summed E-state index contributed by atoms with van der Waals surface area (Å²) in [6.07, 6.45) is 0.764. The number of hydrogen-bond donors (Lipinski definition) is 1. The molecule has 0 spiro atoms. The summed E-state index contributed by atoms with van der Waals surface area (Å²) in [6.45, 7) is 5.95. The van der Waals surface area contributed by atoms with E-state index in [1.807, 2.05) is 61.9 Å². The van der Waals surface area contributed by atoms with Crippen molar-refractivity contribution in [3.63, 3.8) is 0 Å². The molecule has 1 amide bonds. The van der Waals surface area contributed by atoms with Gasteiger partial charge in [0.05, 0.1) is 23.2 Å². The number of nitrogens with one attached hydrogen (secondary N) is 1. The van der Waals surface area contributed by atoms with Crippen LogP contribution in [-0.2, 0) is 6.42 Å². The quantitative estimate of drug-likeness (QED) is 0.726. The standard InChI is InChI=1S/C18H20N4O2S/c1-4-16-17(18(23)19-13-9-10-25-11-13)20-21-22(16)14-5-7-15(8-6-14)24-12(2)3/h5-12H,4H2,1-3H3,(H,19,23). The van der Waals surface area contributed by atoms with Crippen LogP contribution < -0.4 is 10.1 Å². The van der Waals surface area contributed by atoms with Crippen LogP contribution >= 0.6 is 11.3 Å². The van der Waals surface area contributed by atoms with Crippen molar-refractivity contribution >= 4 is 22.9 Å². The number of carbonyl (C=O) groups is 1. The minimum atomic E-state index is -0.249. The average Bonchev–Trinajstić information content (AvgIpc) is 3.24. The lowest BCUT2D eigenvalue weighted by Crippen LogP contribution is -2.14. The molecule has 130 valence electrons. The predicted molar refractivity (Wildman–Crippen MR) is 98.8 cm³/mol. The third kappa shape index (κ3) is 3.88. The molecule has 0 radical (unpaired) electrons. The van der Waals surface area contributed by atoms with Gasteiger partial charge in [0.15, 0.2) is 5.69 Å². The predicted octanol–water partition coefficient (Wildman–Crippen LogP) is 3.93.